The van der Waals surface area contributed by atoms with Crippen LogP contribution in [0.1, 0.15) is 59.0 Å². The molecule has 0 spiro atoms. The van der Waals surface area contributed by atoms with Gasteiger partial charge < -0.3 is 14.8 Å². The Hall–Kier alpha value is -2.28. The van der Waals surface area contributed by atoms with Crippen molar-refractivity contribution >= 4 is 11.8 Å². The minimum absolute atomic E-state index is 0.134. The molecule has 0 aliphatic carbocycles. The van der Waals surface area contributed by atoms with Crippen molar-refractivity contribution in [3.8, 4) is 0 Å². The molecule has 0 aliphatic heterocycles. The quantitative estimate of drug-likeness (QED) is 0.790. The number of hydrogen-bond donors (Lipinski definition) is 3. The van der Waals surface area contributed by atoms with Crippen molar-refractivity contribution in [2.75, 3.05) is 11.9 Å². The number of hydrogen-bond acceptors (Lipinski definition) is 4. The number of furan rings is 1. The number of carbonyl (C=O) groups is 1. The maximum Gasteiger partial charge on any atom is 0.321 e. The highest BCUT2D eigenvalue weighted by atomic mass is 16.3. The summed E-state index contributed by atoms with van der Waals surface area (Å²) in [5.41, 5.74) is 0.469. The van der Waals surface area contributed by atoms with Crippen LogP contribution in [-0.4, -0.2) is 27.5 Å². The fourth-order valence-corrected chi connectivity index (χ4v) is 2.35. The number of aromatic nitrogens is 2. The van der Waals surface area contributed by atoms with Crippen molar-refractivity contribution in [3.63, 3.8) is 0 Å². The Morgan fingerprint density at radius 3 is 2.48 bits per heavy atom. The van der Waals surface area contributed by atoms with E-state index in [1.807, 2.05) is 26.8 Å². The van der Waals surface area contributed by atoms with Crippen molar-refractivity contribution in [1.29, 1.82) is 0 Å². The number of amides is 2. The molecule has 2 aromatic rings. The standard InChI is InChI=1S/C18H28N4O3/c1-17(2,3)14-10-15(22(21-14)18(4,5)6)20-16(24)19-12(11-23)13-8-7-9-25-13/h7-10,12,23H,11H2,1-6H3,(H2,19,20,24)/t12-/m0/s1. The number of anilines is 1. The van der Waals surface area contributed by atoms with Gasteiger partial charge in [-0.05, 0) is 32.9 Å². The van der Waals surface area contributed by atoms with Crippen molar-refractivity contribution in [2.45, 2.75) is 58.5 Å². The predicted molar refractivity (Wildman–Crippen MR) is 96.6 cm³/mol. The summed E-state index contributed by atoms with van der Waals surface area (Å²) in [6.45, 7) is 12.0. The lowest BCUT2D eigenvalue weighted by Gasteiger charge is -2.23. The fourth-order valence-electron chi connectivity index (χ4n) is 2.35. The van der Waals surface area contributed by atoms with Gasteiger partial charge in [0.05, 0.1) is 24.1 Å². The van der Waals surface area contributed by atoms with Gasteiger partial charge in [-0.2, -0.15) is 5.10 Å². The van der Waals surface area contributed by atoms with Crippen LogP contribution in [0.2, 0.25) is 0 Å². The number of urea groups is 1. The summed E-state index contributed by atoms with van der Waals surface area (Å²) in [5.74, 6) is 1.10. The molecule has 7 nitrogen and oxygen atoms in total. The average molecular weight is 348 g/mol. The van der Waals surface area contributed by atoms with Gasteiger partial charge in [-0.15, -0.1) is 0 Å². The van der Waals surface area contributed by atoms with Gasteiger partial charge in [0.15, 0.2) is 0 Å². The smallest absolute Gasteiger partial charge is 0.321 e. The van der Waals surface area contributed by atoms with E-state index in [4.69, 9.17) is 4.42 Å². The van der Waals surface area contributed by atoms with Crippen molar-refractivity contribution in [2.24, 2.45) is 0 Å². The Bertz CT molecular complexity index is 706. The predicted octanol–water partition coefficient (Wildman–Crippen LogP) is 3.38. The Labute approximate surface area is 148 Å². The summed E-state index contributed by atoms with van der Waals surface area (Å²) >= 11 is 0. The third-order valence-corrected chi connectivity index (χ3v) is 3.73. The van der Waals surface area contributed by atoms with Crippen LogP contribution in [0.25, 0.3) is 0 Å². The van der Waals surface area contributed by atoms with Crippen LogP contribution in [0, 0.1) is 0 Å². The molecular formula is C18H28N4O3. The maximum absolute atomic E-state index is 12.4. The van der Waals surface area contributed by atoms with Crippen molar-refractivity contribution in [3.05, 3.63) is 35.9 Å². The van der Waals surface area contributed by atoms with Crippen LogP contribution in [0.5, 0.6) is 0 Å². The summed E-state index contributed by atoms with van der Waals surface area (Å²) in [7, 11) is 0. The summed E-state index contributed by atoms with van der Waals surface area (Å²) in [5, 5.41) is 19.7. The molecule has 0 saturated carbocycles. The van der Waals surface area contributed by atoms with Crippen LogP contribution in [0.15, 0.2) is 28.9 Å². The monoisotopic (exact) mass is 348 g/mol. The SMILES string of the molecule is CC(C)(C)c1cc(NC(=O)N[C@@H](CO)c2ccco2)n(C(C)(C)C)n1. The van der Waals surface area contributed by atoms with Gasteiger partial charge in [-0.3, -0.25) is 5.32 Å². The lowest BCUT2D eigenvalue weighted by atomic mass is 9.92. The highest BCUT2D eigenvalue weighted by Gasteiger charge is 2.26. The number of aliphatic hydroxyl groups excluding tert-OH is 1. The first-order valence-corrected chi connectivity index (χ1v) is 8.35. The third kappa shape index (κ3) is 4.63. The third-order valence-electron chi connectivity index (χ3n) is 3.73. The second-order valence-corrected chi connectivity index (χ2v) is 8.10. The number of aliphatic hydroxyl groups is 1. The van der Waals surface area contributed by atoms with Gasteiger partial charge in [0.2, 0.25) is 0 Å². The van der Waals surface area contributed by atoms with Crippen molar-refractivity contribution in [1.82, 2.24) is 15.1 Å². The molecule has 0 radical (unpaired) electrons. The number of nitrogens with zero attached hydrogens (tertiary/aromatic N) is 2. The minimum Gasteiger partial charge on any atom is -0.467 e. The summed E-state index contributed by atoms with van der Waals surface area (Å²) < 4.78 is 7.04. The van der Waals surface area contributed by atoms with Crippen LogP contribution >= 0.6 is 0 Å². The van der Waals surface area contributed by atoms with E-state index < -0.39 is 12.1 Å². The first kappa shape index (κ1) is 19.1. The van der Waals surface area contributed by atoms with Gasteiger partial charge in [-0.1, -0.05) is 20.8 Å². The molecule has 0 bridgehead atoms. The van der Waals surface area contributed by atoms with E-state index in [2.05, 4.69) is 36.5 Å². The summed E-state index contributed by atoms with van der Waals surface area (Å²) in [4.78, 5) is 12.4. The Kier molecular flexibility index (Phi) is 5.27. The zero-order valence-corrected chi connectivity index (χ0v) is 15.8. The van der Waals surface area contributed by atoms with E-state index in [1.54, 1.807) is 16.8 Å². The number of nitrogens with one attached hydrogen (secondary N) is 2. The molecule has 0 aliphatic rings. The van der Waals surface area contributed by atoms with E-state index in [1.165, 1.54) is 6.26 Å². The fraction of sp³-hybridized carbons (Fsp3) is 0.556. The molecule has 0 saturated heterocycles. The van der Waals surface area contributed by atoms with E-state index in [0.29, 0.717) is 11.6 Å². The van der Waals surface area contributed by atoms with E-state index in [-0.39, 0.29) is 17.6 Å². The summed E-state index contributed by atoms with van der Waals surface area (Å²) in [6.07, 6.45) is 1.50. The van der Waals surface area contributed by atoms with Crippen molar-refractivity contribution < 1.29 is 14.3 Å². The molecule has 2 amide bonds. The zero-order chi connectivity index (χ0) is 18.8. The van der Waals surface area contributed by atoms with E-state index >= 15 is 0 Å². The largest absolute Gasteiger partial charge is 0.467 e. The molecule has 2 heterocycles. The van der Waals surface area contributed by atoms with Gasteiger partial charge in [0.1, 0.15) is 17.6 Å². The molecule has 2 rings (SSSR count). The normalized spacial score (nSPS) is 13.6. The highest BCUT2D eigenvalue weighted by Crippen LogP contribution is 2.28. The average Bonchev–Trinajstić information content (AvgIpc) is 3.12. The molecular weight excluding hydrogens is 320 g/mol. The van der Waals surface area contributed by atoms with Gasteiger partial charge >= 0.3 is 6.03 Å². The molecule has 2 aromatic heterocycles. The minimum atomic E-state index is -0.608. The van der Waals surface area contributed by atoms with Crippen LogP contribution in [-0.2, 0) is 11.0 Å². The number of carbonyl (C=O) groups excluding carboxylic acids is 1. The maximum atomic E-state index is 12.4. The van der Waals surface area contributed by atoms with Crippen LogP contribution < -0.4 is 10.6 Å². The van der Waals surface area contributed by atoms with Gasteiger partial charge in [0, 0.05) is 11.5 Å². The van der Waals surface area contributed by atoms with E-state index in [0.717, 1.165) is 5.69 Å². The van der Waals surface area contributed by atoms with Crippen LogP contribution in [0.3, 0.4) is 0 Å². The first-order valence-electron chi connectivity index (χ1n) is 8.35. The Morgan fingerprint density at radius 1 is 1.32 bits per heavy atom. The number of rotatable bonds is 4. The Morgan fingerprint density at radius 2 is 2.00 bits per heavy atom. The molecule has 25 heavy (non-hydrogen) atoms. The molecule has 1 atom stereocenters. The van der Waals surface area contributed by atoms with Crippen LogP contribution in [0.4, 0.5) is 10.6 Å². The molecule has 138 valence electrons. The second kappa shape index (κ2) is 6.92. The molecule has 3 N–H and O–H groups in total. The zero-order valence-electron chi connectivity index (χ0n) is 15.8. The first-order chi connectivity index (χ1) is 11.5. The molecule has 7 heteroatoms. The molecule has 0 aromatic carbocycles. The molecule has 0 unspecified atom stereocenters. The second-order valence-electron chi connectivity index (χ2n) is 8.10. The van der Waals surface area contributed by atoms with Gasteiger partial charge in [-0.25, -0.2) is 9.48 Å². The Balaban J connectivity index is 2.21. The topological polar surface area (TPSA) is 92.3 Å². The lowest BCUT2D eigenvalue weighted by Crippen LogP contribution is -2.36. The van der Waals surface area contributed by atoms with Gasteiger partial charge in [0.25, 0.3) is 0 Å². The summed E-state index contributed by atoms with van der Waals surface area (Å²) in [6, 6.07) is 4.26. The highest BCUT2D eigenvalue weighted by molar-refractivity contribution is 5.88. The van der Waals surface area contributed by atoms with E-state index in [9.17, 15) is 9.90 Å². The lowest BCUT2D eigenvalue weighted by molar-refractivity contribution is 0.214. The molecule has 0 fully saturated rings.